The second-order valence-electron chi connectivity index (χ2n) is 10.0. The lowest BCUT2D eigenvalue weighted by Crippen LogP contribution is -2.30. The third-order valence-corrected chi connectivity index (χ3v) is 8.37. The number of hydrogen-bond acceptors (Lipinski definition) is 0. The number of hydrogen-bond donors (Lipinski definition) is 0. The van der Waals surface area contributed by atoms with Crippen LogP contribution in [0.15, 0.2) is 24.3 Å². The maximum atomic E-state index is 15.0. The molecular weight excluding hydrogens is 343 g/mol. The maximum Gasteiger partial charge on any atom is 0.126 e. The number of halogens is 1. The first-order valence-corrected chi connectivity index (χ1v) is 12.1. The van der Waals surface area contributed by atoms with Crippen LogP contribution in [0.1, 0.15) is 101 Å². The molecule has 1 aromatic rings. The van der Waals surface area contributed by atoms with Gasteiger partial charge >= 0.3 is 0 Å². The molecule has 0 nitrogen and oxygen atoms in total. The first-order valence-electron chi connectivity index (χ1n) is 12.1. The summed E-state index contributed by atoms with van der Waals surface area (Å²) in [6, 6.07) is 4.20. The summed E-state index contributed by atoms with van der Waals surface area (Å²) in [5, 5.41) is 0. The molecule has 4 rings (SSSR count). The topological polar surface area (TPSA) is 0 Å². The van der Waals surface area contributed by atoms with Crippen molar-refractivity contribution in [3.63, 3.8) is 0 Å². The molecule has 2 fully saturated rings. The summed E-state index contributed by atoms with van der Waals surface area (Å²) in [7, 11) is 0. The van der Waals surface area contributed by atoms with Crippen LogP contribution in [-0.2, 0) is 12.8 Å². The van der Waals surface area contributed by atoms with Gasteiger partial charge in [0.25, 0.3) is 0 Å². The van der Waals surface area contributed by atoms with Gasteiger partial charge in [0.1, 0.15) is 5.82 Å². The summed E-state index contributed by atoms with van der Waals surface area (Å²) in [4.78, 5) is 0. The largest absolute Gasteiger partial charge is 0.207 e. The molecule has 0 radical (unpaired) electrons. The molecule has 154 valence electrons. The predicted molar refractivity (Wildman–Crippen MR) is 117 cm³/mol. The molecule has 0 saturated heterocycles. The van der Waals surface area contributed by atoms with Crippen molar-refractivity contribution in [2.45, 2.75) is 96.8 Å². The molecule has 1 aromatic carbocycles. The minimum Gasteiger partial charge on any atom is -0.207 e. The molecule has 2 saturated carbocycles. The summed E-state index contributed by atoms with van der Waals surface area (Å²) in [6.45, 7) is 4.40. The van der Waals surface area contributed by atoms with Crippen molar-refractivity contribution in [2.75, 3.05) is 0 Å². The highest BCUT2D eigenvalue weighted by Crippen LogP contribution is 2.49. The molecule has 0 amide bonds. The first kappa shape index (κ1) is 20.2. The van der Waals surface area contributed by atoms with E-state index in [-0.39, 0.29) is 5.82 Å². The summed E-state index contributed by atoms with van der Waals surface area (Å²) < 4.78 is 15.0. The molecule has 5 atom stereocenters. The lowest BCUT2D eigenvalue weighted by atomic mass is 9.63. The normalized spacial score (nSPS) is 32.9. The van der Waals surface area contributed by atoms with Crippen LogP contribution in [-0.4, -0.2) is 0 Å². The Bertz CT molecular complexity index is 688. The Balaban J connectivity index is 1.40. The highest BCUT2D eigenvalue weighted by Gasteiger charge is 2.36. The van der Waals surface area contributed by atoms with Crippen molar-refractivity contribution in [2.24, 2.45) is 23.7 Å². The van der Waals surface area contributed by atoms with Crippen LogP contribution < -0.4 is 0 Å². The monoisotopic (exact) mass is 382 g/mol. The van der Waals surface area contributed by atoms with Gasteiger partial charge in [-0.15, -0.1) is 0 Å². The lowest BCUT2D eigenvalue weighted by Gasteiger charge is -2.42. The van der Waals surface area contributed by atoms with Crippen molar-refractivity contribution in [3.8, 4) is 0 Å². The molecule has 0 aromatic heterocycles. The summed E-state index contributed by atoms with van der Waals surface area (Å²) in [6.07, 6.45) is 19.9. The quantitative estimate of drug-likeness (QED) is 0.453. The third kappa shape index (κ3) is 4.39. The minimum absolute atomic E-state index is 0.0963. The molecule has 3 aliphatic rings. The molecule has 5 unspecified atom stereocenters. The average Bonchev–Trinajstić information content (AvgIpc) is 2.72. The van der Waals surface area contributed by atoms with Gasteiger partial charge in [0, 0.05) is 0 Å². The van der Waals surface area contributed by atoms with E-state index < -0.39 is 0 Å². The second kappa shape index (κ2) is 9.14. The van der Waals surface area contributed by atoms with E-state index in [1.165, 1.54) is 75.3 Å². The van der Waals surface area contributed by atoms with E-state index in [2.05, 4.69) is 32.1 Å². The Labute approximate surface area is 172 Å². The van der Waals surface area contributed by atoms with Crippen LogP contribution in [0, 0.1) is 29.5 Å². The molecule has 28 heavy (non-hydrogen) atoms. The molecule has 0 aliphatic heterocycles. The van der Waals surface area contributed by atoms with Crippen molar-refractivity contribution in [3.05, 3.63) is 46.8 Å². The Morgan fingerprint density at radius 2 is 1.79 bits per heavy atom. The zero-order valence-electron chi connectivity index (χ0n) is 18.1. The van der Waals surface area contributed by atoms with E-state index in [4.69, 9.17) is 0 Å². The van der Waals surface area contributed by atoms with Crippen LogP contribution in [0.2, 0.25) is 0 Å². The van der Waals surface area contributed by atoms with Gasteiger partial charge in [-0.3, -0.25) is 0 Å². The van der Waals surface area contributed by atoms with Gasteiger partial charge in [-0.1, -0.05) is 38.0 Å². The fourth-order valence-corrected chi connectivity index (χ4v) is 6.56. The van der Waals surface area contributed by atoms with Crippen molar-refractivity contribution < 1.29 is 4.39 Å². The number of benzene rings is 1. The Kier molecular flexibility index (Phi) is 6.59. The van der Waals surface area contributed by atoms with E-state index in [0.717, 1.165) is 42.1 Å². The Hall–Kier alpha value is -1.11. The summed E-state index contributed by atoms with van der Waals surface area (Å²) >= 11 is 0. The summed E-state index contributed by atoms with van der Waals surface area (Å²) in [5.41, 5.74) is 3.81. The predicted octanol–water partition coefficient (Wildman–Crippen LogP) is 8.00. The highest BCUT2D eigenvalue weighted by molar-refractivity contribution is 5.37. The van der Waals surface area contributed by atoms with Gasteiger partial charge in [0.15, 0.2) is 0 Å². The zero-order valence-corrected chi connectivity index (χ0v) is 18.1. The SMILES string of the molecule is C/C=C/CCC1CCC2CC(c3cc4c(cc3F)CC(CC)CC4)CCC2C1. The molecule has 0 bridgehead atoms. The van der Waals surface area contributed by atoms with Crippen molar-refractivity contribution in [1.29, 1.82) is 0 Å². The Morgan fingerprint density at radius 1 is 0.964 bits per heavy atom. The fraction of sp³-hybridized carbons (Fsp3) is 0.704. The minimum atomic E-state index is 0.0963. The molecule has 0 heterocycles. The van der Waals surface area contributed by atoms with Crippen LogP contribution in [0.3, 0.4) is 0 Å². The van der Waals surface area contributed by atoms with Crippen LogP contribution in [0.4, 0.5) is 4.39 Å². The lowest BCUT2D eigenvalue weighted by molar-refractivity contribution is 0.114. The number of rotatable bonds is 5. The van der Waals surface area contributed by atoms with Gasteiger partial charge in [0.2, 0.25) is 0 Å². The van der Waals surface area contributed by atoms with E-state index in [1.54, 1.807) is 0 Å². The summed E-state index contributed by atoms with van der Waals surface area (Å²) in [5.74, 6) is 4.01. The van der Waals surface area contributed by atoms with Gasteiger partial charge in [-0.25, -0.2) is 4.39 Å². The van der Waals surface area contributed by atoms with E-state index in [0.29, 0.717) is 5.92 Å². The molecule has 0 spiro atoms. The van der Waals surface area contributed by atoms with Crippen LogP contribution in [0.5, 0.6) is 0 Å². The second-order valence-corrected chi connectivity index (χ2v) is 10.0. The smallest absolute Gasteiger partial charge is 0.126 e. The van der Waals surface area contributed by atoms with E-state index >= 15 is 4.39 Å². The van der Waals surface area contributed by atoms with Crippen molar-refractivity contribution in [1.82, 2.24) is 0 Å². The Morgan fingerprint density at radius 3 is 2.61 bits per heavy atom. The van der Waals surface area contributed by atoms with E-state index in [1.807, 2.05) is 6.07 Å². The van der Waals surface area contributed by atoms with Gasteiger partial charge in [-0.05, 0) is 123 Å². The standard InChI is InChI=1S/C27H39F/c1-3-5-6-7-20-9-11-22-16-24(13-12-21(22)15-20)26-17-23-10-8-19(4-2)14-25(23)18-27(26)28/h3,5,17-22,24H,4,6-16H2,1-2H3/b5-3+. The van der Waals surface area contributed by atoms with E-state index in [9.17, 15) is 0 Å². The number of allylic oxidation sites excluding steroid dienone is 2. The molecule has 1 heteroatoms. The zero-order chi connectivity index (χ0) is 19.5. The first-order chi connectivity index (χ1) is 13.7. The number of fused-ring (bicyclic) bond motifs is 2. The number of aryl methyl sites for hydroxylation is 1. The molecular formula is C27H39F. The molecule has 0 N–H and O–H groups in total. The van der Waals surface area contributed by atoms with Gasteiger partial charge in [0.05, 0.1) is 0 Å². The van der Waals surface area contributed by atoms with Crippen LogP contribution >= 0.6 is 0 Å². The van der Waals surface area contributed by atoms with Gasteiger partial charge in [-0.2, -0.15) is 0 Å². The third-order valence-electron chi connectivity index (χ3n) is 8.37. The van der Waals surface area contributed by atoms with Gasteiger partial charge < -0.3 is 0 Å². The average molecular weight is 383 g/mol. The van der Waals surface area contributed by atoms with Crippen molar-refractivity contribution >= 4 is 0 Å². The maximum absolute atomic E-state index is 15.0. The fourth-order valence-electron chi connectivity index (χ4n) is 6.56. The van der Waals surface area contributed by atoms with Crippen LogP contribution in [0.25, 0.3) is 0 Å². The highest BCUT2D eigenvalue weighted by atomic mass is 19.1. The molecule has 3 aliphatic carbocycles.